The Morgan fingerprint density at radius 2 is 2.23 bits per heavy atom. The highest BCUT2D eigenvalue weighted by Crippen LogP contribution is 2.37. The van der Waals surface area contributed by atoms with E-state index in [1.54, 1.807) is 24.4 Å². The molecule has 1 fully saturated rings. The van der Waals surface area contributed by atoms with Gasteiger partial charge in [-0.3, -0.25) is 9.63 Å². The Morgan fingerprint density at radius 3 is 2.94 bits per heavy atom. The van der Waals surface area contributed by atoms with Crippen LogP contribution in [0.1, 0.15) is 36.7 Å². The summed E-state index contributed by atoms with van der Waals surface area (Å²) in [5.41, 5.74) is 3.99. The molecule has 1 aliphatic heterocycles. The molecule has 0 unspecified atom stereocenters. The summed E-state index contributed by atoms with van der Waals surface area (Å²) < 4.78 is 25.7. The first-order valence-electron chi connectivity index (χ1n) is 10.0. The maximum Gasteiger partial charge on any atom is 0.278 e. The highest BCUT2D eigenvalue weighted by atomic mass is 32.1. The lowest BCUT2D eigenvalue weighted by atomic mass is 10.1. The van der Waals surface area contributed by atoms with E-state index in [0.29, 0.717) is 27.4 Å². The number of ether oxygens (including phenoxy) is 2. The number of carbonyl (C=O) groups is 1. The van der Waals surface area contributed by atoms with E-state index in [-0.39, 0.29) is 24.2 Å². The smallest absolute Gasteiger partial charge is 0.278 e. The molecule has 0 radical (unpaired) electrons. The number of aromatic nitrogens is 1. The van der Waals surface area contributed by atoms with Crippen molar-refractivity contribution >= 4 is 38.1 Å². The van der Waals surface area contributed by atoms with Crippen LogP contribution in [0.25, 0.3) is 10.2 Å². The molecule has 7 nitrogen and oxygen atoms in total. The van der Waals surface area contributed by atoms with Crippen molar-refractivity contribution in [1.29, 1.82) is 0 Å². The zero-order valence-electron chi connectivity index (χ0n) is 17.5. The van der Waals surface area contributed by atoms with Crippen LogP contribution in [-0.2, 0) is 20.7 Å². The number of hydrogen-bond donors (Lipinski definition) is 2. The van der Waals surface area contributed by atoms with E-state index in [1.165, 1.54) is 17.4 Å². The van der Waals surface area contributed by atoms with Crippen LogP contribution in [0.4, 0.5) is 15.1 Å². The minimum Gasteiger partial charge on any atom is -0.348 e. The summed E-state index contributed by atoms with van der Waals surface area (Å²) in [6, 6.07) is 8.56. The van der Waals surface area contributed by atoms with Crippen molar-refractivity contribution in [3.63, 3.8) is 0 Å². The van der Waals surface area contributed by atoms with Gasteiger partial charge in [-0.05, 0) is 50.1 Å². The van der Waals surface area contributed by atoms with Crippen LogP contribution in [-0.4, -0.2) is 36.0 Å². The third-order valence-corrected chi connectivity index (χ3v) is 5.91. The van der Waals surface area contributed by atoms with Crippen LogP contribution < -0.4 is 10.8 Å². The molecule has 164 valence electrons. The zero-order valence-corrected chi connectivity index (χ0v) is 18.3. The summed E-state index contributed by atoms with van der Waals surface area (Å²) in [5.74, 6) is -1.50. The maximum absolute atomic E-state index is 14.5. The Hall–Kier alpha value is -2.59. The standard InChI is InChI=1S/C22H24FN3O4S/c1-4-13-7-8-17(16(23)10-13)25-21-18(15-6-5-9-24-20(15)31-21)19(27)26-29-12-14-11-28-22(2,3)30-14/h5-10,14,25H,4,11-12H2,1-3H3,(H,26,27)/t14-/m1/s1. The number of aryl methyl sites for hydroxylation is 1. The van der Waals surface area contributed by atoms with Gasteiger partial charge in [0.1, 0.15) is 28.4 Å². The number of nitrogens with one attached hydrogen (secondary N) is 2. The molecule has 0 bridgehead atoms. The van der Waals surface area contributed by atoms with Gasteiger partial charge in [0.05, 0.1) is 17.9 Å². The van der Waals surface area contributed by atoms with Crippen molar-refractivity contribution < 1.29 is 23.5 Å². The summed E-state index contributed by atoms with van der Waals surface area (Å²) in [6.07, 6.45) is 2.11. The van der Waals surface area contributed by atoms with E-state index in [4.69, 9.17) is 14.3 Å². The van der Waals surface area contributed by atoms with E-state index in [9.17, 15) is 9.18 Å². The van der Waals surface area contributed by atoms with E-state index in [1.807, 2.05) is 26.8 Å². The van der Waals surface area contributed by atoms with Crippen molar-refractivity contribution in [3.8, 4) is 0 Å². The van der Waals surface area contributed by atoms with Gasteiger partial charge in [-0.2, -0.15) is 0 Å². The second kappa shape index (κ2) is 8.88. The normalized spacial score (nSPS) is 17.7. The van der Waals surface area contributed by atoms with E-state index < -0.39 is 11.7 Å². The van der Waals surface area contributed by atoms with Crippen LogP contribution >= 0.6 is 11.3 Å². The second-order valence-electron chi connectivity index (χ2n) is 7.65. The highest BCUT2D eigenvalue weighted by Gasteiger charge is 2.33. The maximum atomic E-state index is 14.5. The predicted octanol–water partition coefficient (Wildman–Crippen LogP) is 4.55. The molecular formula is C22H24FN3O4S. The summed E-state index contributed by atoms with van der Waals surface area (Å²) in [6.45, 7) is 6.13. The number of hydroxylamine groups is 1. The average molecular weight is 446 g/mol. The third-order valence-electron chi connectivity index (χ3n) is 4.88. The largest absolute Gasteiger partial charge is 0.348 e. The molecule has 31 heavy (non-hydrogen) atoms. The number of amides is 1. The van der Waals surface area contributed by atoms with Gasteiger partial charge in [0, 0.05) is 11.6 Å². The first-order valence-corrected chi connectivity index (χ1v) is 10.8. The molecule has 0 aliphatic carbocycles. The number of pyridine rings is 1. The summed E-state index contributed by atoms with van der Waals surface area (Å²) >= 11 is 1.27. The fourth-order valence-electron chi connectivity index (χ4n) is 3.34. The molecule has 1 atom stereocenters. The van der Waals surface area contributed by atoms with Crippen LogP contribution in [0.15, 0.2) is 36.5 Å². The summed E-state index contributed by atoms with van der Waals surface area (Å²) in [4.78, 5) is 23.3. The van der Waals surface area contributed by atoms with E-state index >= 15 is 0 Å². The molecule has 2 N–H and O–H groups in total. The van der Waals surface area contributed by atoms with Gasteiger partial charge in [0.15, 0.2) is 5.79 Å². The molecule has 3 aromatic rings. The number of anilines is 2. The Balaban J connectivity index is 1.53. The minimum atomic E-state index is -0.665. The van der Waals surface area contributed by atoms with Crippen molar-refractivity contribution in [2.45, 2.75) is 39.1 Å². The number of hydrogen-bond acceptors (Lipinski definition) is 7. The lowest BCUT2D eigenvalue weighted by Gasteiger charge is -2.17. The minimum absolute atomic E-state index is 0.144. The van der Waals surface area contributed by atoms with E-state index in [2.05, 4.69) is 15.8 Å². The molecule has 9 heteroatoms. The van der Waals surface area contributed by atoms with Crippen LogP contribution in [0, 0.1) is 5.82 Å². The fraction of sp³-hybridized carbons (Fsp3) is 0.364. The lowest BCUT2D eigenvalue weighted by molar-refractivity contribution is -0.147. The van der Waals surface area contributed by atoms with Gasteiger partial charge in [-0.25, -0.2) is 14.9 Å². The molecule has 1 aromatic carbocycles. The van der Waals surface area contributed by atoms with E-state index in [0.717, 1.165) is 12.0 Å². The SMILES string of the molecule is CCc1ccc(Nc2sc3ncccc3c2C(=O)NOC[C@H]2COC(C)(C)O2)c(F)c1. The van der Waals surface area contributed by atoms with Crippen molar-refractivity contribution in [1.82, 2.24) is 10.5 Å². The average Bonchev–Trinajstić information content (AvgIpc) is 3.28. The first kappa shape index (κ1) is 21.6. The predicted molar refractivity (Wildman–Crippen MR) is 117 cm³/mol. The van der Waals surface area contributed by atoms with Gasteiger partial charge < -0.3 is 14.8 Å². The third kappa shape index (κ3) is 4.85. The molecule has 0 saturated carbocycles. The quantitative estimate of drug-likeness (QED) is 0.519. The van der Waals surface area contributed by atoms with Crippen molar-refractivity contribution in [2.24, 2.45) is 0 Å². The van der Waals surface area contributed by atoms with Crippen LogP contribution in [0.3, 0.4) is 0 Å². The zero-order chi connectivity index (χ0) is 22.0. The van der Waals surface area contributed by atoms with Crippen molar-refractivity contribution in [3.05, 3.63) is 53.5 Å². The second-order valence-corrected chi connectivity index (χ2v) is 8.65. The Morgan fingerprint density at radius 1 is 1.39 bits per heavy atom. The molecule has 4 rings (SSSR count). The van der Waals surface area contributed by atoms with Gasteiger partial charge in [0.2, 0.25) is 0 Å². The number of fused-ring (bicyclic) bond motifs is 1. The highest BCUT2D eigenvalue weighted by molar-refractivity contribution is 7.23. The molecule has 1 aliphatic rings. The lowest BCUT2D eigenvalue weighted by Crippen LogP contribution is -2.30. The molecule has 1 amide bonds. The van der Waals surface area contributed by atoms with Crippen LogP contribution in [0.5, 0.6) is 0 Å². The number of nitrogens with zero attached hydrogens (tertiary/aromatic N) is 1. The Bertz CT molecular complexity index is 1100. The first-order chi connectivity index (χ1) is 14.9. The van der Waals surface area contributed by atoms with Gasteiger partial charge in [-0.15, -0.1) is 0 Å². The number of thiophene rings is 1. The number of rotatable bonds is 7. The van der Waals surface area contributed by atoms with Crippen molar-refractivity contribution in [2.75, 3.05) is 18.5 Å². The number of halogens is 1. The van der Waals surface area contributed by atoms with Crippen LogP contribution in [0.2, 0.25) is 0 Å². The topological polar surface area (TPSA) is 81.7 Å². The van der Waals surface area contributed by atoms with Gasteiger partial charge in [-0.1, -0.05) is 24.3 Å². The molecule has 2 aromatic heterocycles. The summed E-state index contributed by atoms with van der Waals surface area (Å²) in [7, 11) is 0. The van der Waals surface area contributed by atoms with Gasteiger partial charge in [0.25, 0.3) is 5.91 Å². The monoisotopic (exact) mass is 445 g/mol. The Kier molecular flexibility index (Phi) is 6.19. The molecule has 1 saturated heterocycles. The number of benzene rings is 1. The number of carbonyl (C=O) groups excluding carboxylic acids is 1. The Labute approximate surface area is 183 Å². The van der Waals surface area contributed by atoms with Gasteiger partial charge >= 0.3 is 0 Å². The molecular weight excluding hydrogens is 421 g/mol. The summed E-state index contributed by atoms with van der Waals surface area (Å²) in [5, 5.41) is 4.19. The fourth-order valence-corrected chi connectivity index (χ4v) is 4.40. The molecule has 3 heterocycles. The molecule has 0 spiro atoms.